The molecule has 1 nitrogen and oxygen atoms in total. The van der Waals surface area contributed by atoms with E-state index in [9.17, 15) is 5.11 Å². The van der Waals surface area contributed by atoms with E-state index in [1.165, 1.54) is 5.56 Å². The van der Waals surface area contributed by atoms with Gasteiger partial charge in [0, 0.05) is 5.02 Å². The van der Waals surface area contributed by atoms with Crippen LogP contribution in [0.5, 0.6) is 0 Å². The summed E-state index contributed by atoms with van der Waals surface area (Å²) in [6.07, 6.45) is 1.04. The molecule has 19 heavy (non-hydrogen) atoms. The summed E-state index contributed by atoms with van der Waals surface area (Å²) in [5.41, 5.74) is 2.92. The number of aliphatic hydroxyl groups is 1. The third-order valence-corrected chi connectivity index (χ3v) is 3.40. The lowest BCUT2D eigenvalue weighted by atomic mass is 9.97. The molecule has 0 spiro atoms. The summed E-state index contributed by atoms with van der Waals surface area (Å²) < 4.78 is 0. The van der Waals surface area contributed by atoms with E-state index >= 15 is 0 Å². The molecular weight excluding hydrogens is 256 g/mol. The van der Waals surface area contributed by atoms with E-state index in [-0.39, 0.29) is 0 Å². The molecule has 0 aromatic heterocycles. The highest BCUT2D eigenvalue weighted by Gasteiger charge is 2.11. The Morgan fingerprint density at radius 2 is 1.68 bits per heavy atom. The molecule has 0 aliphatic carbocycles. The minimum absolute atomic E-state index is 0.624. The van der Waals surface area contributed by atoms with Crippen molar-refractivity contribution in [3.8, 4) is 0 Å². The molecule has 0 aliphatic rings. The van der Waals surface area contributed by atoms with Crippen LogP contribution in [-0.2, 0) is 6.42 Å². The highest BCUT2D eigenvalue weighted by atomic mass is 35.5. The number of aryl methyl sites for hydroxylation is 1. The Morgan fingerprint density at radius 3 is 2.32 bits per heavy atom. The smallest absolute Gasteiger partial charge is 0.0998 e. The van der Waals surface area contributed by atoms with Gasteiger partial charge in [0.1, 0.15) is 0 Å². The summed E-state index contributed by atoms with van der Waals surface area (Å²) >= 11 is 5.83. The lowest BCUT2D eigenvalue weighted by Gasteiger charge is -2.14. The predicted octanol–water partition coefficient (Wildman–Crippen LogP) is 4.56. The number of rotatable bonds is 5. The lowest BCUT2D eigenvalue weighted by molar-refractivity contribution is 0.212. The Balaban J connectivity index is 1.94. The summed E-state index contributed by atoms with van der Waals surface area (Å²) in [7, 11) is 0. The van der Waals surface area contributed by atoms with Gasteiger partial charge in [-0.05, 0) is 41.7 Å². The van der Waals surface area contributed by atoms with Gasteiger partial charge in [0.15, 0.2) is 0 Å². The largest absolute Gasteiger partial charge is 0.384 e. The average molecular weight is 273 g/mol. The minimum Gasteiger partial charge on any atom is -0.384 e. The summed E-state index contributed by atoms with van der Waals surface area (Å²) in [5, 5.41) is 10.9. The van der Waals surface area contributed by atoms with Gasteiger partial charge in [0.2, 0.25) is 0 Å². The van der Waals surface area contributed by atoms with Crippen LogP contribution in [0, 0.1) is 0 Å². The Labute approximate surface area is 119 Å². The van der Waals surface area contributed by atoms with Crippen molar-refractivity contribution in [3.05, 3.63) is 82.9 Å². The molecule has 98 valence electrons. The third-order valence-electron chi connectivity index (χ3n) is 3.15. The van der Waals surface area contributed by atoms with Gasteiger partial charge in [-0.3, -0.25) is 0 Å². The number of halogens is 1. The Hall–Kier alpha value is -1.57. The molecule has 0 bridgehead atoms. The maximum atomic E-state index is 10.2. The first-order chi connectivity index (χ1) is 9.16. The average Bonchev–Trinajstić information content (AvgIpc) is 2.46. The molecule has 0 saturated heterocycles. The van der Waals surface area contributed by atoms with Crippen LogP contribution in [0.2, 0.25) is 5.02 Å². The van der Waals surface area contributed by atoms with Crippen molar-refractivity contribution in [2.45, 2.75) is 18.9 Å². The molecule has 1 N–H and O–H groups in total. The maximum absolute atomic E-state index is 10.2. The van der Waals surface area contributed by atoms with Crippen molar-refractivity contribution < 1.29 is 5.11 Å². The van der Waals surface area contributed by atoms with Gasteiger partial charge >= 0.3 is 0 Å². The molecule has 0 unspecified atom stereocenters. The zero-order valence-electron chi connectivity index (χ0n) is 10.7. The van der Waals surface area contributed by atoms with Crippen molar-refractivity contribution in [3.63, 3.8) is 0 Å². The van der Waals surface area contributed by atoms with Crippen molar-refractivity contribution in [1.82, 2.24) is 0 Å². The van der Waals surface area contributed by atoms with E-state index in [2.05, 4.69) is 18.7 Å². The summed E-state index contributed by atoms with van der Waals surface area (Å²) in [5.74, 6) is 0. The second kappa shape index (κ2) is 6.55. The van der Waals surface area contributed by atoms with Crippen molar-refractivity contribution in [2.24, 2.45) is 0 Å². The van der Waals surface area contributed by atoms with Crippen LogP contribution in [0.15, 0.2) is 66.7 Å². The van der Waals surface area contributed by atoms with E-state index in [0.717, 1.165) is 24.0 Å². The number of aliphatic hydroxyl groups excluding tert-OH is 1. The minimum atomic E-state index is -0.624. The lowest BCUT2D eigenvalue weighted by Crippen LogP contribution is -2.02. The quantitative estimate of drug-likeness (QED) is 0.791. The predicted molar refractivity (Wildman–Crippen MR) is 80.3 cm³/mol. The number of benzene rings is 2. The normalized spacial score (nSPS) is 12.1. The van der Waals surface area contributed by atoms with Gasteiger partial charge in [-0.1, -0.05) is 60.6 Å². The zero-order valence-corrected chi connectivity index (χ0v) is 11.5. The number of hydrogen-bond donors (Lipinski definition) is 1. The van der Waals surface area contributed by atoms with Gasteiger partial charge in [-0.25, -0.2) is 0 Å². The maximum Gasteiger partial charge on any atom is 0.0998 e. The van der Waals surface area contributed by atoms with Crippen LogP contribution in [-0.4, -0.2) is 5.11 Å². The van der Waals surface area contributed by atoms with Crippen LogP contribution in [0.3, 0.4) is 0 Å². The van der Waals surface area contributed by atoms with E-state index in [4.69, 9.17) is 11.6 Å². The second-order valence-electron chi connectivity index (χ2n) is 4.60. The molecule has 2 aromatic rings. The second-order valence-corrected chi connectivity index (χ2v) is 5.03. The SMILES string of the molecule is C=C(CCc1ccccc1)[C@@H](O)c1ccc(Cl)cc1. The van der Waals surface area contributed by atoms with Crippen molar-refractivity contribution in [2.75, 3.05) is 0 Å². The molecular formula is C17H17ClO. The Bertz CT molecular complexity index is 531. The topological polar surface area (TPSA) is 20.2 Å². The highest BCUT2D eigenvalue weighted by Crippen LogP contribution is 2.25. The Kier molecular flexibility index (Phi) is 4.78. The van der Waals surface area contributed by atoms with Crippen molar-refractivity contribution >= 4 is 11.6 Å². The van der Waals surface area contributed by atoms with Gasteiger partial charge < -0.3 is 5.11 Å². The van der Waals surface area contributed by atoms with Gasteiger partial charge in [0.25, 0.3) is 0 Å². The molecule has 1 atom stereocenters. The highest BCUT2D eigenvalue weighted by molar-refractivity contribution is 6.30. The fourth-order valence-electron chi connectivity index (χ4n) is 1.97. The molecule has 0 saturated carbocycles. The van der Waals surface area contributed by atoms with Crippen LogP contribution >= 0.6 is 11.6 Å². The fraction of sp³-hybridized carbons (Fsp3) is 0.176. The van der Waals surface area contributed by atoms with E-state index in [0.29, 0.717) is 5.02 Å². The van der Waals surface area contributed by atoms with Gasteiger partial charge in [-0.15, -0.1) is 0 Å². The van der Waals surface area contributed by atoms with Crippen LogP contribution in [0.4, 0.5) is 0 Å². The van der Waals surface area contributed by atoms with Crippen molar-refractivity contribution in [1.29, 1.82) is 0 Å². The molecule has 0 fully saturated rings. The first kappa shape index (κ1) is 13.9. The molecule has 2 heteroatoms. The molecule has 2 aromatic carbocycles. The van der Waals surface area contributed by atoms with Gasteiger partial charge in [-0.2, -0.15) is 0 Å². The summed E-state index contributed by atoms with van der Waals surface area (Å²) in [4.78, 5) is 0. The molecule has 0 heterocycles. The first-order valence-electron chi connectivity index (χ1n) is 6.32. The summed E-state index contributed by atoms with van der Waals surface area (Å²) in [6.45, 7) is 3.99. The standard InChI is InChI=1S/C17H17ClO/c1-13(7-8-14-5-3-2-4-6-14)17(19)15-9-11-16(18)12-10-15/h2-6,9-12,17,19H,1,7-8H2/t17-/m1/s1. The first-order valence-corrected chi connectivity index (χ1v) is 6.70. The summed E-state index contributed by atoms with van der Waals surface area (Å²) in [6, 6.07) is 17.4. The van der Waals surface area contributed by atoms with Crippen LogP contribution in [0.25, 0.3) is 0 Å². The molecule has 2 rings (SSSR count). The van der Waals surface area contributed by atoms with E-state index in [1.807, 2.05) is 30.3 Å². The van der Waals surface area contributed by atoms with E-state index in [1.54, 1.807) is 12.1 Å². The number of hydrogen-bond acceptors (Lipinski definition) is 1. The van der Waals surface area contributed by atoms with E-state index < -0.39 is 6.10 Å². The van der Waals surface area contributed by atoms with Crippen LogP contribution < -0.4 is 0 Å². The fourth-order valence-corrected chi connectivity index (χ4v) is 2.09. The Morgan fingerprint density at radius 1 is 1.05 bits per heavy atom. The van der Waals surface area contributed by atoms with Gasteiger partial charge in [0.05, 0.1) is 6.10 Å². The third kappa shape index (κ3) is 3.95. The molecule has 0 amide bonds. The van der Waals surface area contributed by atoms with Crippen LogP contribution in [0.1, 0.15) is 23.7 Å². The molecule has 0 aliphatic heterocycles. The zero-order chi connectivity index (χ0) is 13.7. The molecule has 0 radical (unpaired) electrons. The monoisotopic (exact) mass is 272 g/mol.